The van der Waals surface area contributed by atoms with Gasteiger partial charge in [0.05, 0.1) is 12.4 Å². The van der Waals surface area contributed by atoms with Gasteiger partial charge in [0.15, 0.2) is 5.82 Å². The highest BCUT2D eigenvalue weighted by Crippen LogP contribution is 2.55. The molecule has 1 spiro atoms. The molecule has 7 nitrogen and oxygen atoms in total. The summed E-state index contributed by atoms with van der Waals surface area (Å²) in [6.45, 7) is 7.85. The van der Waals surface area contributed by atoms with Gasteiger partial charge in [-0.05, 0) is 30.5 Å². The molecule has 1 N–H and O–H groups in total. The summed E-state index contributed by atoms with van der Waals surface area (Å²) in [4.78, 5) is 38.2. The van der Waals surface area contributed by atoms with Crippen molar-refractivity contribution >= 4 is 17.8 Å². The van der Waals surface area contributed by atoms with Crippen LogP contribution in [-0.4, -0.2) is 39.8 Å². The Labute approximate surface area is 166 Å². The Morgan fingerprint density at radius 1 is 1.24 bits per heavy atom. The molecule has 1 aliphatic heterocycles. The van der Waals surface area contributed by atoms with Gasteiger partial charge in [0.25, 0.3) is 11.4 Å². The van der Waals surface area contributed by atoms with Crippen molar-refractivity contribution in [3.05, 3.63) is 64.5 Å². The van der Waals surface area contributed by atoms with Crippen LogP contribution < -0.4 is 5.32 Å². The van der Waals surface area contributed by atoms with Crippen LogP contribution in [0.25, 0.3) is 4.85 Å². The third kappa shape index (κ3) is 2.94. The Bertz CT molecular complexity index is 1070. The van der Waals surface area contributed by atoms with Crippen molar-refractivity contribution in [2.75, 3.05) is 18.4 Å². The van der Waals surface area contributed by atoms with Crippen molar-refractivity contribution in [1.29, 1.82) is 0 Å². The topological polar surface area (TPSA) is 79.6 Å². The van der Waals surface area contributed by atoms with Crippen molar-refractivity contribution in [2.45, 2.75) is 36.6 Å². The predicted octanol–water partition coefficient (Wildman–Crippen LogP) is 2.65. The lowest BCUT2D eigenvalue weighted by Crippen LogP contribution is -2.47. The Balaban J connectivity index is 1.37. The van der Waals surface area contributed by atoms with Crippen LogP contribution >= 0.6 is 0 Å². The van der Waals surface area contributed by atoms with Crippen molar-refractivity contribution in [2.24, 2.45) is 0 Å². The molecule has 3 aliphatic rings. The molecule has 1 aromatic heterocycles. The maximum absolute atomic E-state index is 13.0. The van der Waals surface area contributed by atoms with Gasteiger partial charge in [0.1, 0.15) is 6.54 Å². The molecule has 2 fully saturated rings. The Morgan fingerprint density at radius 3 is 2.59 bits per heavy atom. The van der Waals surface area contributed by atoms with Crippen LogP contribution in [0.3, 0.4) is 0 Å². The van der Waals surface area contributed by atoms with Crippen LogP contribution in [0, 0.1) is 12.4 Å². The second-order valence-electron chi connectivity index (χ2n) is 8.12. The fourth-order valence-electron chi connectivity index (χ4n) is 4.16. The number of carbonyl (C=O) groups excluding carboxylic acids is 2. The summed E-state index contributed by atoms with van der Waals surface area (Å²) in [5, 5.41) is 2.50. The number of carbonyl (C=O) groups is 2. The Hall–Kier alpha value is -3.34. The van der Waals surface area contributed by atoms with E-state index >= 15 is 0 Å². The fraction of sp³-hybridized carbons (Fsp3) is 0.381. The number of hydrogen-bond donors (Lipinski definition) is 1. The molecular weight excluding hydrogens is 373 g/mol. The van der Waals surface area contributed by atoms with Crippen molar-refractivity contribution in [1.82, 2.24) is 14.9 Å². The molecule has 8 heteroatoms. The van der Waals surface area contributed by atoms with Crippen LogP contribution in [0.5, 0.6) is 0 Å². The second-order valence-corrected chi connectivity index (χ2v) is 8.12. The van der Waals surface area contributed by atoms with Crippen molar-refractivity contribution < 1.29 is 14.0 Å². The van der Waals surface area contributed by atoms with Crippen LogP contribution in [0.4, 0.5) is 10.3 Å². The number of halogens is 1. The lowest BCUT2D eigenvalue weighted by atomic mass is 9.84. The molecule has 5 rings (SSSR count). The van der Waals surface area contributed by atoms with E-state index in [1.165, 1.54) is 0 Å². The zero-order valence-corrected chi connectivity index (χ0v) is 15.6. The van der Waals surface area contributed by atoms with Gasteiger partial charge in [-0.25, -0.2) is 20.9 Å². The van der Waals surface area contributed by atoms with E-state index in [-0.39, 0.29) is 23.8 Å². The van der Waals surface area contributed by atoms with Gasteiger partial charge in [0.2, 0.25) is 11.9 Å². The van der Waals surface area contributed by atoms with E-state index in [2.05, 4.69) is 26.2 Å². The van der Waals surface area contributed by atoms with Crippen molar-refractivity contribution in [3.8, 4) is 0 Å². The highest BCUT2D eigenvalue weighted by Gasteiger charge is 2.56. The number of rotatable bonds is 4. The molecule has 29 heavy (non-hydrogen) atoms. The Morgan fingerprint density at radius 2 is 1.97 bits per heavy atom. The minimum absolute atomic E-state index is 0.000844. The van der Waals surface area contributed by atoms with Gasteiger partial charge in [0, 0.05) is 35.9 Å². The SMILES string of the molecule is [C-]#[N+]C1(c2ccc3c(c2)C2(CC2)CN(CC(=O)Nc2ncc(F)cn2)C3=O)CC1. The average Bonchev–Trinajstić information content (AvgIpc) is 3.64. The number of anilines is 1. The summed E-state index contributed by atoms with van der Waals surface area (Å²) in [6.07, 6.45) is 5.60. The first-order valence-corrected chi connectivity index (χ1v) is 9.55. The van der Waals surface area contributed by atoms with Crippen LogP contribution in [0.15, 0.2) is 30.6 Å². The first-order chi connectivity index (χ1) is 13.9. The molecular formula is C21H18FN5O2. The van der Waals surface area contributed by atoms with E-state index in [9.17, 15) is 14.0 Å². The Kier molecular flexibility index (Phi) is 3.72. The standard InChI is InChI=1S/C21H18FN5O2/c1-23-21(6-7-21)13-2-3-15-16(8-13)20(4-5-20)12-27(18(15)29)11-17(28)26-19-24-9-14(22)10-25-19/h2-3,8-10H,4-7,11-12H2,(H,24,25,26,28). The molecule has 0 atom stereocenters. The van der Waals surface area contributed by atoms with E-state index in [4.69, 9.17) is 6.57 Å². The number of nitrogens with zero attached hydrogens (tertiary/aromatic N) is 4. The van der Waals surface area contributed by atoms with Crippen LogP contribution in [-0.2, 0) is 15.7 Å². The monoisotopic (exact) mass is 391 g/mol. The largest absolute Gasteiger partial charge is 0.328 e. The van der Waals surface area contributed by atoms with Gasteiger partial charge >= 0.3 is 0 Å². The quantitative estimate of drug-likeness (QED) is 0.813. The lowest BCUT2D eigenvalue weighted by Gasteiger charge is -2.34. The van der Waals surface area contributed by atoms with Gasteiger partial charge in [-0.1, -0.05) is 6.07 Å². The van der Waals surface area contributed by atoms with Gasteiger partial charge in [-0.3, -0.25) is 14.9 Å². The van der Waals surface area contributed by atoms with Crippen molar-refractivity contribution in [3.63, 3.8) is 0 Å². The molecule has 0 radical (unpaired) electrons. The van der Waals surface area contributed by atoms with Gasteiger partial charge in [-0.15, -0.1) is 0 Å². The van der Waals surface area contributed by atoms with E-state index < -0.39 is 17.3 Å². The number of benzene rings is 1. The summed E-state index contributed by atoms with van der Waals surface area (Å²) in [7, 11) is 0. The first kappa shape index (κ1) is 17.7. The minimum Gasteiger partial charge on any atom is -0.328 e. The summed E-state index contributed by atoms with van der Waals surface area (Å²) in [5.74, 6) is -1.20. The first-order valence-electron chi connectivity index (χ1n) is 9.55. The average molecular weight is 391 g/mol. The van der Waals surface area contributed by atoms with Crippen LogP contribution in [0.1, 0.15) is 47.2 Å². The minimum atomic E-state index is -0.591. The molecule has 2 saturated carbocycles. The number of aromatic nitrogens is 2. The maximum atomic E-state index is 13.0. The molecule has 1 aromatic carbocycles. The molecule has 0 saturated heterocycles. The number of hydrogen-bond acceptors (Lipinski definition) is 4. The second kappa shape index (κ2) is 6.08. The highest BCUT2D eigenvalue weighted by atomic mass is 19.1. The van der Waals surface area contributed by atoms with E-state index in [1.54, 1.807) is 4.90 Å². The summed E-state index contributed by atoms with van der Waals surface area (Å²) in [5.41, 5.74) is 2.12. The fourth-order valence-corrected chi connectivity index (χ4v) is 4.16. The predicted molar refractivity (Wildman–Crippen MR) is 101 cm³/mol. The number of nitrogens with one attached hydrogen (secondary N) is 1. The molecule has 146 valence electrons. The molecule has 2 aliphatic carbocycles. The molecule has 0 bridgehead atoms. The van der Waals surface area contributed by atoms with Gasteiger partial charge < -0.3 is 9.74 Å². The molecule has 2 amide bonds. The van der Waals surface area contributed by atoms with E-state index in [0.717, 1.165) is 49.2 Å². The zero-order chi connectivity index (χ0) is 20.2. The lowest BCUT2D eigenvalue weighted by molar-refractivity contribution is -0.117. The zero-order valence-electron chi connectivity index (χ0n) is 15.6. The summed E-state index contributed by atoms with van der Waals surface area (Å²) < 4.78 is 12.9. The summed E-state index contributed by atoms with van der Waals surface area (Å²) in [6, 6.07) is 5.74. The number of amides is 2. The molecule has 2 heterocycles. The van der Waals surface area contributed by atoms with Gasteiger partial charge in [-0.2, -0.15) is 0 Å². The smallest absolute Gasteiger partial charge is 0.258 e. The molecule has 2 aromatic rings. The normalized spacial score (nSPS) is 20.0. The third-order valence-corrected chi connectivity index (χ3v) is 6.14. The third-order valence-electron chi connectivity index (χ3n) is 6.14. The number of fused-ring (bicyclic) bond motifs is 2. The molecule has 0 unspecified atom stereocenters. The summed E-state index contributed by atoms with van der Waals surface area (Å²) >= 11 is 0. The van der Waals surface area contributed by atoms with E-state index in [0.29, 0.717) is 12.1 Å². The maximum Gasteiger partial charge on any atom is 0.258 e. The van der Waals surface area contributed by atoms with Crippen LogP contribution in [0.2, 0.25) is 0 Å². The highest BCUT2D eigenvalue weighted by molar-refractivity contribution is 6.01. The van der Waals surface area contributed by atoms with E-state index in [1.807, 2.05) is 12.1 Å².